The molecule has 0 saturated carbocycles. The van der Waals surface area contributed by atoms with E-state index in [1.807, 2.05) is 0 Å². The Morgan fingerprint density at radius 2 is 2.19 bits per heavy atom. The number of primary amides is 1. The first-order valence-electron chi connectivity index (χ1n) is 6.72. The van der Waals surface area contributed by atoms with E-state index in [4.69, 9.17) is 10.5 Å². The highest BCUT2D eigenvalue weighted by Gasteiger charge is 2.31. The molecule has 0 bridgehead atoms. The molecule has 0 aliphatic carbocycles. The van der Waals surface area contributed by atoms with E-state index in [1.54, 1.807) is 0 Å². The predicted molar refractivity (Wildman–Crippen MR) is 71.1 cm³/mol. The molecular weight excluding hydrogens is 285 g/mol. The van der Waals surface area contributed by atoms with Crippen molar-refractivity contribution in [3.05, 3.63) is 29.3 Å². The van der Waals surface area contributed by atoms with Crippen LogP contribution >= 0.6 is 0 Å². The van der Waals surface area contributed by atoms with Crippen molar-refractivity contribution in [2.45, 2.75) is 19.0 Å². The number of amides is 1. The van der Waals surface area contributed by atoms with Gasteiger partial charge in [0.05, 0.1) is 17.7 Å². The number of carbonyl (C=O) groups is 1. The second-order valence-corrected chi connectivity index (χ2v) is 5.07. The minimum Gasteiger partial charge on any atom is -0.493 e. The highest BCUT2D eigenvalue weighted by Crippen LogP contribution is 2.32. The Balaban J connectivity index is 2.05. The maximum atomic E-state index is 12.6. The summed E-state index contributed by atoms with van der Waals surface area (Å²) in [4.78, 5) is 11.3. The van der Waals surface area contributed by atoms with E-state index in [-0.39, 0.29) is 11.3 Å². The third-order valence-corrected chi connectivity index (χ3v) is 3.52. The van der Waals surface area contributed by atoms with Crippen molar-refractivity contribution in [3.8, 4) is 5.75 Å². The third-order valence-electron chi connectivity index (χ3n) is 3.52. The standard InChI is InChI=1S/C14H17F3N2O2/c15-14(16,17)10-1-2-12(11(7-10)13(18)20)21-6-4-9-3-5-19-8-9/h1-2,7,9,19H,3-6,8H2,(H2,18,20). The maximum Gasteiger partial charge on any atom is 0.416 e. The molecule has 1 amide bonds. The molecule has 1 heterocycles. The van der Waals surface area contributed by atoms with Crippen molar-refractivity contribution >= 4 is 5.91 Å². The normalized spacial score (nSPS) is 18.7. The summed E-state index contributed by atoms with van der Waals surface area (Å²) in [6.07, 6.45) is -2.68. The van der Waals surface area contributed by atoms with Gasteiger partial charge in [0.15, 0.2) is 0 Å². The Morgan fingerprint density at radius 1 is 1.43 bits per heavy atom. The summed E-state index contributed by atoms with van der Waals surface area (Å²) < 4.78 is 43.3. The summed E-state index contributed by atoms with van der Waals surface area (Å²) >= 11 is 0. The van der Waals surface area contributed by atoms with E-state index in [0.29, 0.717) is 12.5 Å². The lowest BCUT2D eigenvalue weighted by atomic mass is 10.1. The fraction of sp³-hybridized carbons (Fsp3) is 0.500. The van der Waals surface area contributed by atoms with Crippen LogP contribution in [0.25, 0.3) is 0 Å². The number of rotatable bonds is 5. The number of halogens is 3. The Labute approximate surface area is 120 Å². The van der Waals surface area contributed by atoms with Crippen LogP contribution in [0.4, 0.5) is 13.2 Å². The molecule has 1 atom stereocenters. The molecule has 7 heteroatoms. The molecule has 1 saturated heterocycles. The number of ether oxygens (including phenoxy) is 1. The average Bonchev–Trinajstić information content (AvgIpc) is 2.90. The molecule has 1 aliphatic heterocycles. The average molecular weight is 302 g/mol. The minimum absolute atomic E-state index is 0.0986. The molecule has 116 valence electrons. The highest BCUT2D eigenvalue weighted by molar-refractivity contribution is 5.95. The van der Waals surface area contributed by atoms with Gasteiger partial charge in [-0.15, -0.1) is 0 Å². The minimum atomic E-state index is -4.52. The van der Waals surface area contributed by atoms with Crippen LogP contribution in [0.5, 0.6) is 5.75 Å². The van der Waals surface area contributed by atoms with E-state index in [9.17, 15) is 18.0 Å². The van der Waals surface area contributed by atoms with E-state index in [0.717, 1.165) is 44.1 Å². The van der Waals surface area contributed by atoms with Crippen molar-refractivity contribution in [3.63, 3.8) is 0 Å². The number of benzene rings is 1. The Morgan fingerprint density at radius 3 is 2.76 bits per heavy atom. The van der Waals surface area contributed by atoms with Gasteiger partial charge in [0.25, 0.3) is 5.91 Å². The largest absolute Gasteiger partial charge is 0.493 e. The van der Waals surface area contributed by atoms with E-state index in [1.165, 1.54) is 0 Å². The van der Waals surface area contributed by atoms with Gasteiger partial charge in [-0.2, -0.15) is 13.2 Å². The van der Waals surface area contributed by atoms with Crippen LogP contribution in [0.3, 0.4) is 0 Å². The van der Waals surface area contributed by atoms with Crippen molar-refractivity contribution in [2.75, 3.05) is 19.7 Å². The zero-order valence-corrected chi connectivity index (χ0v) is 11.4. The second-order valence-electron chi connectivity index (χ2n) is 5.07. The Kier molecular flexibility index (Phi) is 4.72. The molecule has 2 rings (SSSR count). The van der Waals surface area contributed by atoms with Crippen LogP contribution < -0.4 is 15.8 Å². The first-order valence-corrected chi connectivity index (χ1v) is 6.72. The molecule has 21 heavy (non-hydrogen) atoms. The maximum absolute atomic E-state index is 12.6. The molecule has 3 N–H and O–H groups in total. The third kappa shape index (κ3) is 4.10. The summed E-state index contributed by atoms with van der Waals surface area (Å²) in [5.41, 5.74) is 3.97. The zero-order chi connectivity index (χ0) is 15.5. The van der Waals surface area contributed by atoms with Gasteiger partial charge in [-0.3, -0.25) is 4.79 Å². The quantitative estimate of drug-likeness (QED) is 0.876. The summed E-state index contributed by atoms with van der Waals surface area (Å²) in [6.45, 7) is 2.23. The smallest absolute Gasteiger partial charge is 0.416 e. The number of nitrogens with two attached hydrogens (primary N) is 1. The lowest BCUT2D eigenvalue weighted by molar-refractivity contribution is -0.137. The lowest BCUT2D eigenvalue weighted by Crippen LogP contribution is -2.17. The first-order chi connectivity index (χ1) is 9.88. The van der Waals surface area contributed by atoms with Gasteiger partial charge in [0.2, 0.25) is 0 Å². The van der Waals surface area contributed by atoms with Crippen molar-refractivity contribution in [2.24, 2.45) is 11.7 Å². The molecule has 0 aromatic heterocycles. The summed E-state index contributed by atoms with van der Waals surface area (Å²) in [5.74, 6) is -0.337. The monoisotopic (exact) mass is 302 g/mol. The van der Waals surface area contributed by atoms with Crippen LogP contribution in [-0.4, -0.2) is 25.6 Å². The van der Waals surface area contributed by atoms with Gasteiger partial charge in [0.1, 0.15) is 5.75 Å². The van der Waals surface area contributed by atoms with Crippen LogP contribution in [0.2, 0.25) is 0 Å². The molecule has 1 aliphatic rings. The van der Waals surface area contributed by atoms with Crippen LogP contribution in [-0.2, 0) is 6.18 Å². The van der Waals surface area contributed by atoms with Crippen LogP contribution in [0, 0.1) is 5.92 Å². The van der Waals surface area contributed by atoms with Crippen LogP contribution in [0.15, 0.2) is 18.2 Å². The Hall–Kier alpha value is -1.76. The SMILES string of the molecule is NC(=O)c1cc(C(F)(F)F)ccc1OCCC1CCNC1. The van der Waals surface area contributed by atoms with E-state index >= 15 is 0 Å². The second kappa shape index (κ2) is 6.34. The predicted octanol–water partition coefficient (Wildman–Crippen LogP) is 2.18. The van der Waals surface area contributed by atoms with Crippen molar-refractivity contribution < 1.29 is 22.7 Å². The van der Waals surface area contributed by atoms with Crippen molar-refractivity contribution in [1.82, 2.24) is 5.32 Å². The van der Waals surface area contributed by atoms with Gasteiger partial charge in [-0.1, -0.05) is 0 Å². The lowest BCUT2D eigenvalue weighted by Gasteiger charge is -2.14. The van der Waals surface area contributed by atoms with Gasteiger partial charge >= 0.3 is 6.18 Å². The zero-order valence-electron chi connectivity index (χ0n) is 11.4. The molecule has 4 nitrogen and oxygen atoms in total. The van der Waals surface area contributed by atoms with Gasteiger partial charge in [-0.05, 0) is 50.0 Å². The van der Waals surface area contributed by atoms with E-state index in [2.05, 4.69) is 5.32 Å². The Bertz CT molecular complexity index is 511. The fourth-order valence-corrected chi connectivity index (χ4v) is 2.32. The molecule has 0 spiro atoms. The number of hydrogen-bond donors (Lipinski definition) is 2. The first kappa shape index (κ1) is 15.6. The molecule has 1 aromatic carbocycles. The molecule has 1 fully saturated rings. The topological polar surface area (TPSA) is 64.4 Å². The number of alkyl halides is 3. The molecular formula is C14H17F3N2O2. The molecule has 1 unspecified atom stereocenters. The molecule has 0 radical (unpaired) electrons. The van der Waals surface area contributed by atoms with Crippen molar-refractivity contribution in [1.29, 1.82) is 0 Å². The summed E-state index contributed by atoms with van der Waals surface area (Å²) in [7, 11) is 0. The number of nitrogens with one attached hydrogen (secondary N) is 1. The summed E-state index contributed by atoms with van der Waals surface area (Å²) in [6, 6.07) is 2.77. The van der Waals surface area contributed by atoms with Gasteiger partial charge < -0.3 is 15.8 Å². The van der Waals surface area contributed by atoms with Crippen LogP contribution in [0.1, 0.15) is 28.8 Å². The highest BCUT2D eigenvalue weighted by atomic mass is 19.4. The van der Waals surface area contributed by atoms with Gasteiger partial charge in [0, 0.05) is 0 Å². The van der Waals surface area contributed by atoms with E-state index < -0.39 is 17.6 Å². The van der Waals surface area contributed by atoms with Gasteiger partial charge in [-0.25, -0.2) is 0 Å². The number of hydrogen-bond acceptors (Lipinski definition) is 3. The molecule has 1 aromatic rings. The fourth-order valence-electron chi connectivity index (χ4n) is 2.32. The summed E-state index contributed by atoms with van der Waals surface area (Å²) in [5, 5.41) is 3.22. The number of carbonyl (C=O) groups excluding carboxylic acids is 1.